The molecule has 0 bridgehead atoms. The molecule has 0 radical (unpaired) electrons. The van der Waals surface area contributed by atoms with Crippen LogP contribution in [0.25, 0.3) is 11.4 Å². The van der Waals surface area contributed by atoms with Crippen molar-refractivity contribution in [2.24, 2.45) is 0 Å². The Kier molecular flexibility index (Phi) is 3.35. The molecular formula is C13H16FN5O. The van der Waals surface area contributed by atoms with E-state index in [0.29, 0.717) is 17.1 Å². The standard InChI is InChI=1S/C13H16FN5O/c1-8(12-3-2-4-20-12)19-13(16-17-18-19)9-5-10(14)7-11(15)6-9/h5-8,12H,2-4,15H2,1H3. The number of halogens is 1. The maximum Gasteiger partial charge on any atom is 0.182 e. The second kappa shape index (κ2) is 5.16. The summed E-state index contributed by atoms with van der Waals surface area (Å²) in [5.74, 6) is 0.0959. The lowest BCUT2D eigenvalue weighted by atomic mass is 10.1. The Morgan fingerprint density at radius 1 is 1.45 bits per heavy atom. The van der Waals surface area contributed by atoms with Gasteiger partial charge in [-0.05, 0) is 48.4 Å². The number of hydrogen-bond donors (Lipinski definition) is 1. The van der Waals surface area contributed by atoms with E-state index in [1.165, 1.54) is 12.1 Å². The highest BCUT2D eigenvalue weighted by Crippen LogP contribution is 2.28. The number of benzene rings is 1. The highest BCUT2D eigenvalue weighted by atomic mass is 19.1. The molecule has 2 unspecified atom stereocenters. The third kappa shape index (κ3) is 2.36. The molecule has 2 N–H and O–H groups in total. The number of nitrogens with two attached hydrogens (primary N) is 1. The van der Waals surface area contributed by atoms with Crippen LogP contribution in [0.4, 0.5) is 10.1 Å². The van der Waals surface area contributed by atoms with Gasteiger partial charge in [-0.15, -0.1) is 5.10 Å². The van der Waals surface area contributed by atoms with E-state index in [1.807, 2.05) is 6.92 Å². The molecule has 1 saturated heterocycles. The van der Waals surface area contributed by atoms with Crippen LogP contribution in [0.1, 0.15) is 25.8 Å². The van der Waals surface area contributed by atoms with Gasteiger partial charge in [-0.1, -0.05) is 0 Å². The third-order valence-corrected chi connectivity index (χ3v) is 3.56. The molecule has 2 aromatic rings. The molecule has 1 aliphatic heterocycles. The summed E-state index contributed by atoms with van der Waals surface area (Å²) in [4.78, 5) is 0. The molecule has 7 heteroatoms. The van der Waals surface area contributed by atoms with Crippen LogP contribution < -0.4 is 5.73 Å². The fourth-order valence-corrected chi connectivity index (χ4v) is 2.54. The van der Waals surface area contributed by atoms with Gasteiger partial charge < -0.3 is 10.5 Å². The molecule has 1 aromatic carbocycles. The maximum absolute atomic E-state index is 13.5. The van der Waals surface area contributed by atoms with Crippen molar-refractivity contribution in [2.45, 2.75) is 31.9 Å². The van der Waals surface area contributed by atoms with Gasteiger partial charge in [0.1, 0.15) is 5.82 Å². The lowest BCUT2D eigenvalue weighted by Crippen LogP contribution is -2.22. The van der Waals surface area contributed by atoms with Gasteiger partial charge in [0.15, 0.2) is 5.82 Å². The van der Waals surface area contributed by atoms with E-state index < -0.39 is 5.82 Å². The summed E-state index contributed by atoms with van der Waals surface area (Å²) in [6.07, 6.45) is 2.11. The number of tetrazole rings is 1. The molecule has 2 heterocycles. The number of aromatic nitrogens is 4. The Bertz CT molecular complexity index is 588. The van der Waals surface area contributed by atoms with E-state index in [1.54, 1.807) is 10.7 Å². The van der Waals surface area contributed by atoms with Gasteiger partial charge in [-0.3, -0.25) is 0 Å². The lowest BCUT2D eigenvalue weighted by Gasteiger charge is -2.19. The van der Waals surface area contributed by atoms with Gasteiger partial charge in [-0.2, -0.15) is 0 Å². The van der Waals surface area contributed by atoms with Gasteiger partial charge in [0.2, 0.25) is 0 Å². The molecule has 0 saturated carbocycles. The molecule has 106 valence electrons. The van der Waals surface area contributed by atoms with Crippen LogP contribution in [0.3, 0.4) is 0 Å². The second-order valence-electron chi connectivity index (χ2n) is 5.01. The molecule has 2 atom stereocenters. The molecule has 3 rings (SSSR count). The van der Waals surface area contributed by atoms with Crippen molar-refractivity contribution in [3.05, 3.63) is 24.0 Å². The molecule has 1 aliphatic rings. The van der Waals surface area contributed by atoms with Crippen molar-refractivity contribution in [1.82, 2.24) is 20.2 Å². The Hall–Kier alpha value is -2.02. The number of anilines is 1. The Labute approximate surface area is 115 Å². The summed E-state index contributed by atoms with van der Waals surface area (Å²) in [5.41, 5.74) is 6.58. The van der Waals surface area contributed by atoms with Crippen molar-refractivity contribution >= 4 is 5.69 Å². The van der Waals surface area contributed by atoms with E-state index in [0.717, 1.165) is 19.4 Å². The summed E-state index contributed by atoms with van der Waals surface area (Å²) in [6, 6.07) is 4.29. The topological polar surface area (TPSA) is 78.8 Å². The fraction of sp³-hybridized carbons (Fsp3) is 0.462. The highest BCUT2D eigenvalue weighted by Gasteiger charge is 2.27. The zero-order valence-electron chi connectivity index (χ0n) is 11.2. The van der Waals surface area contributed by atoms with Crippen LogP contribution in [0.15, 0.2) is 18.2 Å². The van der Waals surface area contributed by atoms with Crippen molar-refractivity contribution < 1.29 is 9.13 Å². The van der Waals surface area contributed by atoms with Crippen LogP contribution in [-0.4, -0.2) is 32.9 Å². The normalized spacial score (nSPS) is 20.2. The first-order valence-electron chi connectivity index (χ1n) is 6.61. The highest BCUT2D eigenvalue weighted by molar-refractivity contribution is 5.61. The van der Waals surface area contributed by atoms with E-state index in [9.17, 15) is 4.39 Å². The van der Waals surface area contributed by atoms with Gasteiger partial charge in [0.25, 0.3) is 0 Å². The van der Waals surface area contributed by atoms with E-state index >= 15 is 0 Å². The minimum atomic E-state index is -0.403. The van der Waals surface area contributed by atoms with Crippen LogP contribution in [-0.2, 0) is 4.74 Å². The minimum Gasteiger partial charge on any atom is -0.399 e. The molecule has 6 nitrogen and oxygen atoms in total. The average Bonchev–Trinajstić information content (AvgIpc) is 3.08. The van der Waals surface area contributed by atoms with E-state index in [2.05, 4.69) is 15.5 Å². The van der Waals surface area contributed by atoms with Crippen LogP contribution in [0, 0.1) is 5.82 Å². The zero-order valence-corrected chi connectivity index (χ0v) is 11.2. The third-order valence-electron chi connectivity index (χ3n) is 3.56. The molecule has 0 spiro atoms. The minimum absolute atomic E-state index is 0.00741. The van der Waals surface area contributed by atoms with Crippen molar-refractivity contribution in [3.63, 3.8) is 0 Å². The largest absolute Gasteiger partial charge is 0.399 e. The van der Waals surface area contributed by atoms with Gasteiger partial charge in [0, 0.05) is 17.9 Å². The molecule has 1 aromatic heterocycles. The summed E-state index contributed by atoms with van der Waals surface area (Å²) in [7, 11) is 0. The first-order valence-corrected chi connectivity index (χ1v) is 6.61. The first kappa shape index (κ1) is 13.0. The summed E-state index contributed by atoms with van der Waals surface area (Å²) >= 11 is 0. The number of nitrogen functional groups attached to an aromatic ring is 1. The predicted molar refractivity (Wildman–Crippen MR) is 71.3 cm³/mol. The van der Waals surface area contributed by atoms with Gasteiger partial charge in [0.05, 0.1) is 12.1 Å². The van der Waals surface area contributed by atoms with E-state index in [-0.39, 0.29) is 12.1 Å². The van der Waals surface area contributed by atoms with Crippen molar-refractivity contribution in [1.29, 1.82) is 0 Å². The van der Waals surface area contributed by atoms with Gasteiger partial charge in [-0.25, -0.2) is 9.07 Å². The summed E-state index contributed by atoms with van der Waals surface area (Å²) in [5, 5.41) is 11.7. The van der Waals surface area contributed by atoms with Gasteiger partial charge >= 0.3 is 0 Å². The summed E-state index contributed by atoms with van der Waals surface area (Å²) in [6.45, 7) is 2.76. The molecule has 0 aliphatic carbocycles. The molecule has 1 fully saturated rings. The first-order chi connectivity index (χ1) is 9.65. The van der Waals surface area contributed by atoms with Crippen LogP contribution >= 0.6 is 0 Å². The smallest absolute Gasteiger partial charge is 0.182 e. The van der Waals surface area contributed by atoms with Crippen molar-refractivity contribution in [3.8, 4) is 11.4 Å². The maximum atomic E-state index is 13.5. The Morgan fingerprint density at radius 2 is 2.30 bits per heavy atom. The fourth-order valence-electron chi connectivity index (χ4n) is 2.54. The number of ether oxygens (including phenoxy) is 1. The SMILES string of the molecule is CC(C1CCCO1)n1nnnc1-c1cc(N)cc(F)c1. The molecule has 20 heavy (non-hydrogen) atoms. The monoisotopic (exact) mass is 277 g/mol. The number of rotatable bonds is 3. The molecular weight excluding hydrogens is 261 g/mol. The Balaban J connectivity index is 1.96. The lowest BCUT2D eigenvalue weighted by molar-refractivity contribution is 0.0690. The van der Waals surface area contributed by atoms with Crippen LogP contribution in [0.5, 0.6) is 0 Å². The zero-order chi connectivity index (χ0) is 14.1. The van der Waals surface area contributed by atoms with E-state index in [4.69, 9.17) is 10.5 Å². The van der Waals surface area contributed by atoms with Crippen molar-refractivity contribution in [2.75, 3.05) is 12.3 Å². The average molecular weight is 277 g/mol. The summed E-state index contributed by atoms with van der Waals surface area (Å²) < 4.78 is 20.8. The predicted octanol–water partition coefficient (Wildman–Crippen LogP) is 1.80. The van der Waals surface area contributed by atoms with Crippen LogP contribution in [0.2, 0.25) is 0 Å². The molecule has 0 amide bonds. The number of nitrogens with zero attached hydrogens (tertiary/aromatic N) is 4. The quantitative estimate of drug-likeness (QED) is 0.865. The second-order valence-corrected chi connectivity index (χ2v) is 5.01. The Morgan fingerprint density at radius 3 is 3.00 bits per heavy atom. The number of hydrogen-bond acceptors (Lipinski definition) is 5.